The monoisotopic (exact) mass is 147 g/mol. The van der Waals surface area contributed by atoms with E-state index in [0.29, 0.717) is 0 Å². The quantitative estimate of drug-likeness (QED) is 0.315. The molecule has 0 radical (unpaired) electrons. The lowest BCUT2D eigenvalue weighted by atomic mass is 10.1. The second kappa shape index (κ2) is 3.72. The minimum absolute atomic E-state index is 0.0671. The van der Waals surface area contributed by atoms with Crippen LogP contribution in [0.4, 0.5) is 0 Å². The summed E-state index contributed by atoms with van der Waals surface area (Å²) < 4.78 is 0. The lowest BCUT2D eigenvalue weighted by molar-refractivity contribution is 0.560. The first kappa shape index (κ1) is 7.74. The smallest absolute Gasteiger partial charge is 0.211 e. The van der Waals surface area contributed by atoms with Gasteiger partial charge in [-0.1, -0.05) is 11.6 Å². The summed E-state index contributed by atoms with van der Waals surface area (Å²) >= 11 is 0. The van der Waals surface area contributed by atoms with Gasteiger partial charge in [-0.15, -0.1) is 5.73 Å². The standard InChI is InChI=1S/C9H9NO/c1-8-4-2-3-5-9(6-8)10-7-11/h2,4-5,9H,6H2,1H3. The Labute approximate surface area is 65.6 Å². The molecule has 0 aromatic heterocycles. The minimum atomic E-state index is -0.0671. The van der Waals surface area contributed by atoms with Gasteiger partial charge in [0.1, 0.15) is 0 Å². The van der Waals surface area contributed by atoms with Crippen LogP contribution in [0.3, 0.4) is 0 Å². The molecule has 0 heterocycles. The molecule has 0 N–H and O–H groups in total. The number of hydrogen-bond donors (Lipinski definition) is 0. The maximum atomic E-state index is 9.92. The maximum Gasteiger partial charge on any atom is 0.235 e. The summed E-state index contributed by atoms with van der Waals surface area (Å²) in [5.41, 5.74) is 4.12. The van der Waals surface area contributed by atoms with Crippen LogP contribution in [0.5, 0.6) is 0 Å². The van der Waals surface area contributed by atoms with Crippen LogP contribution in [-0.2, 0) is 4.79 Å². The summed E-state index contributed by atoms with van der Waals surface area (Å²) in [5, 5.41) is 0. The first-order valence-electron chi connectivity index (χ1n) is 3.48. The number of carbonyl (C=O) groups excluding carboxylic acids is 1. The Hall–Kier alpha value is -1.36. The lowest BCUT2D eigenvalue weighted by Crippen LogP contribution is -1.98. The molecule has 2 nitrogen and oxygen atoms in total. The molecule has 0 spiro atoms. The Morgan fingerprint density at radius 1 is 1.82 bits per heavy atom. The van der Waals surface area contributed by atoms with E-state index in [1.807, 2.05) is 19.1 Å². The molecule has 0 aliphatic heterocycles. The van der Waals surface area contributed by atoms with Crippen molar-refractivity contribution in [3.05, 3.63) is 29.5 Å². The average Bonchev–Trinajstić information content (AvgIpc) is 2.15. The van der Waals surface area contributed by atoms with E-state index in [2.05, 4.69) is 10.7 Å². The van der Waals surface area contributed by atoms with Crippen molar-refractivity contribution in [3.8, 4) is 0 Å². The summed E-state index contributed by atoms with van der Waals surface area (Å²) in [6.07, 6.45) is 7.91. The highest BCUT2D eigenvalue weighted by atomic mass is 16.1. The SMILES string of the molecule is CC1=CC=C=CC(N=C=O)C1. The predicted molar refractivity (Wildman–Crippen MR) is 42.9 cm³/mol. The van der Waals surface area contributed by atoms with Crippen LogP contribution in [-0.4, -0.2) is 12.1 Å². The van der Waals surface area contributed by atoms with E-state index >= 15 is 0 Å². The third kappa shape index (κ3) is 2.38. The fraction of sp³-hybridized carbons (Fsp3) is 0.333. The second-order valence-electron chi connectivity index (χ2n) is 2.50. The van der Waals surface area contributed by atoms with Crippen molar-refractivity contribution in [1.82, 2.24) is 0 Å². The molecule has 1 aliphatic rings. The van der Waals surface area contributed by atoms with Crippen molar-refractivity contribution in [2.45, 2.75) is 19.4 Å². The molecule has 0 saturated carbocycles. The van der Waals surface area contributed by atoms with Gasteiger partial charge in [0, 0.05) is 0 Å². The predicted octanol–water partition coefficient (Wildman–Crippen LogP) is 1.75. The van der Waals surface area contributed by atoms with Crippen molar-refractivity contribution in [1.29, 1.82) is 0 Å². The van der Waals surface area contributed by atoms with Gasteiger partial charge in [-0.3, -0.25) is 0 Å². The van der Waals surface area contributed by atoms with Gasteiger partial charge in [-0.05, 0) is 25.5 Å². The van der Waals surface area contributed by atoms with Crippen LogP contribution in [0.25, 0.3) is 0 Å². The third-order valence-corrected chi connectivity index (χ3v) is 1.50. The van der Waals surface area contributed by atoms with Gasteiger partial charge in [0.2, 0.25) is 6.08 Å². The van der Waals surface area contributed by atoms with E-state index in [1.54, 1.807) is 12.2 Å². The Morgan fingerprint density at radius 3 is 3.36 bits per heavy atom. The molecule has 0 amide bonds. The molecule has 11 heavy (non-hydrogen) atoms. The number of rotatable bonds is 1. The van der Waals surface area contributed by atoms with Crippen LogP contribution in [0.2, 0.25) is 0 Å². The van der Waals surface area contributed by atoms with Gasteiger partial charge in [0.15, 0.2) is 0 Å². The zero-order valence-corrected chi connectivity index (χ0v) is 6.37. The maximum absolute atomic E-state index is 9.92. The average molecular weight is 147 g/mol. The molecule has 1 rings (SSSR count). The molecule has 0 bridgehead atoms. The van der Waals surface area contributed by atoms with Gasteiger partial charge >= 0.3 is 0 Å². The second-order valence-corrected chi connectivity index (χ2v) is 2.50. The van der Waals surface area contributed by atoms with E-state index in [4.69, 9.17) is 0 Å². The number of aliphatic imine (C=N–C) groups is 1. The molecule has 0 aromatic rings. The van der Waals surface area contributed by atoms with Crippen molar-refractivity contribution in [2.24, 2.45) is 4.99 Å². The van der Waals surface area contributed by atoms with Gasteiger partial charge < -0.3 is 0 Å². The van der Waals surface area contributed by atoms with Crippen LogP contribution < -0.4 is 0 Å². The zero-order chi connectivity index (χ0) is 8.10. The fourth-order valence-electron chi connectivity index (χ4n) is 0.964. The van der Waals surface area contributed by atoms with Crippen molar-refractivity contribution in [2.75, 3.05) is 0 Å². The van der Waals surface area contributed by atoms with Crippen molar-refractivity contribution >= 4 is 6.08 Å². The van der Waals surface area contributed by atoms with Gasteiger partial charge in [0.05, 0.1) is 6.04 Å². The van der Waals surface area contributed by atoms with E-state index < -0.39 is 0 Å². The lowest BCUT2D eigenvalue weighted by Gasteiger charge is -2.01. The Balaban J connectivity index is 2.81. The largest absolute Gasteiger partial charge is 0.235 e. The van der Waals surface area contributed by atoms with Crippen molar-refractivity contribution < 1.29 is 4.79 Å². The van der Waals surface area contributed by atoms with Crippen LogP contribution in [0.1, 0.15) is 13.3 Å². The molecule has 1 aliphatic carbocycles. The van der Waals surface area contributed by atoms with Crippen molar-refractivity contribution in [3.63, 3.8) is 0 Å². The summed E-state index contributed by atoms with van der Waals surface area (Å²) in [6.45, 7) is 2.00. The molecule has 0 saturated heterocycles. The van der Waals surface area contributed by atoms with E-state index in [-0.39, 0.29) is 6.04 Å². The Morgan fingerprint density at radius 2 is 2.64 bits per heavy atom. The van der Waals surface area contributed by atoms with Gasteiger partial charge in [-0.25, -0.2) is 4.79 Å². The first-order chi connectivity index (χ1) is 5.33. The molecule has 0 fully saturated rings. The van der Waals surface area contributed by atoms with Crippen LogP contribution in [0, 0.1) is 0 Å². The Bertz CT molecular complexity index is 276. The number of allylic oxidation sites excluding steroid dienone is 1. The fourth-order valence-corrected chi connectivity index (χ4v) is 0.964. The van der Waals surface area contributed by atoms with E-state index in [1.165, 1.54) is 5.57 Å². The molecule has 1 unspecified atom stereocenters. The zero-order valence-electron chi connectivity index (χ0n) is 6.37. The molecule has 2 heteroatoms. The number of hydrogen-bond acceptors (Lipinski definition) is 2. The normalized spacial score (nSPS) is 21.9. The van der Waals surface area contributed by atoms with E-state index in [0.717, 1.165) is 6.42 Å². The highest BCUT2D eigenvalue weighted by Crippen LogP contribution is 2.10. The minimum Gasteiger partial charge on any atom is -0.211 e. The molecule has 1 atom stereocenters. The highest BCUT2D eigenvalue weighted by molar-refractivity contribution is 5.35. The van der Waals surface area contributed by atoms with Crippen LogP contribution in [0.15, 0.2) is 34.5 Å². The highest BCUT2D eigenvalue weighted by Gasteiger charge is 2.03. The summed E-state index contributed by atoms with van der Waals surface area (Å²) in [5.74, 6) is 0. The third-order valence-electron chi connectivity index (χ3n) is 1.50. The van der Waals surface area contributed by atoms with Gasteiger partial charge in [0.25, 0.3) is 0 Å². The summed E-state index contributed by atoms with van der Waals surface area (Å²) in [4.78, 5) is 13.5. The van der Waals surface area contributed by atoms with Crippen LogP contribution >= 0.6 is 0 Å². The van der Waals surface area contributed by atoms with E-state index in [9.17, 15) is 4.79 Å². The molecule has 56 valence electrons. The summed E-state index contributed by atoms with van der Waals surface area (Å²) in [6, 6.07) is -0.0671. The summed E-state index contributed by atoms with van der Waals surface area (Å²) in [7, 11) is 0. The molecular weight excluding hydrogens is 138 g/mol. The molecular formula is C9H9NO. The molecule has 0 aromatic carbocycles. The Kier molecular flexibility index (Phi) is 2.62. The topological polar surface area (TPSA) is 29.4 Å². The number of isocyanates is 1. The van der Waals surface area contributed by atoms with Gasteiger partial charge in [-0.2, -0.15) is 4.99 Å². The first-order valence-corrected chi connectivity index (χ1v) is 3.48. The number of nitrogens with zero attached hydrogens (tertiary/aromatic N) is 1.